The standard InChI is InChI=1S/C13H18O.ClH/c1-10-5-4-8-12(9-10)13(14)11-6-2-3-7-11;/h4-5,8-9,11,13-14H,2-3,6-7H2,1H3;1H/t13-;/m1./s1. The molecule has 0 unspecified atom stereocenters. The number of aliphatic hydroxyl groups is 1. The van der Waals surface area contributed by atoms with Gasteiger partial charge in [0.2, 0.25) is 0 Å². The van der Waals surface area contributed by atoms with Crippen molar-refractivity contribution >= 4 is 12.4 Å². The van der Waals surface area contributed by atoms with Crippen LogP contribution in [0.3, 0.4) is 0 Å². The SMILES string of the molecule is Cc1cccc([C@H](O)C2CCCC2)c1.Cl. The second-order valence-electron chi connectivity index (χ2n) is 4.40. The van der Waals surface area contributed by atoms with E-state index >= 15 is 0 Å². The summed E-state index contributed by atoms with van der Waals surface area (Å²) in [5.74, 6) is 0.497. The van der Waals surface area contributed by atoms with Gasteiger partial charge in [0.05, 0.1) is 6.10 Å². The van der Waals surface area contributed by atoms with E-state index in [1.54, 1.807) is 0 Å². The van der Waals surface area contributed by atoms with E-state index in [2.05, 4.69) is 19.1 Å². The molecule has 1 aliphatic carbocycles. The van der Waals surface area contributed by atoms with Crippen LogP contribution in [0, 0.1) is 12.8 Å². The van der Waals surface area contributed by atoms with Gasteiger partial charge in [-0.2, -0.15) is 0 Å². The van der Waals surface area contributed by atoms with E-state index in [4.69, 9.17) is 0 Å². The molecule has 1 aliphatic rings. The quantitative estimate of drug-likeness (QED) is 0.817. The Kier molecular flexibility index (Phi) is 4.62. The molecular weight excluding hydrogens is 208 g/mol. The minimum absolute atomic E-state index is 0. The maximum Gasteiger partial charge on any atom is 0.0818 e. The number of hydrogen-bond acceptors (Lipinski definition) is 1. The molecule has 0 aromatic heterocycles. The Labute approximate surface area is 97.9 Å². The van der Waals surface area contributed by atoms with E-state index in [0.29, 0.717) is 5.92 Å². The van der Waals surface area contributed by atoms with Gasteiger partial charge < -0.3 is 5.11 Å². The van der Waals surface area contributed by atoms with Gasteiger partial charge in [0.1, 0.15) is 0 Å². The molecule has 0 spiro atoms. The van der Waals surface area contributed by atoms with Crippen LogP contribution in [0.15, 0.2) is 24.3 Å². The van der Waals surface area contributed by atoms with E-state index in [1.165, 1.54) is 31.2 Å². The monoisotopic (exact) mass is 226 g/mol. The molecule has 1 nitrogen and oxygen atoms in total. The number of hydrogen-bond donors (Lipinski definition) is 1. The zero-order valence-electron chi connectivity index (χ0n) is 9.15. The highest BCUT2D eigenvalue weighted by molar-refractivity contribution is 5.85. The molecule has 0 radical (unpaired) electrons. The van der Waals surface area contributed by atoms with Gasteiger partial charge in [0, 0.05) is 0 Å². The third-order valence-electron chi connectivity index (χ3n) is 3.23. The first kappa shape index (κ1) is 12.5. The zero-order valence-corrected chi connectivity index (χ0v) is 9.96. The molecule has 1 aromatic rings. The molecule has 84 valence electrons. The highest BCUT2D eigenvalue weighted by atomic mass is 35.5. The van der Waals surface area contributed by atoms with Crippen LogP contribution in [0.5, 0.6) is 0 Å². The number of halogens is 1. The molecule has 1 N–H and O–H groups in total. The summed E-state index contributed by atoms with van der Waals surface area (Å²) in [6.45, 7) is 2.07. The number of benzene rings is 1. The summed E-state index contributed by atoms with van der Waals surface area (Å²) >= 11 is 0. The van der Waals surface area contributed by atoms with Crippen molar-refractivity contribution in [3.05, 3.63) is 35.4 Å². The molecule has 15 heavy (non-hydrogen) atoms. The van der Waals surface area contributed by atoms with E-state index in [1.807, 2.05) is 12.1 Å². The first-order chi connectivity index (χ1) is 6.77. The second kappa shape index (κ2) is 5.53. The normalized spacial score (nSPS) is 18.5. The maximum atomic E-state index is 10.1. The van der Waals surface area contributed by atoms with E-state index in [-0.39, 0.29) is 18.5 Å². The van der Waals surface area contributed by atoms with E-state index < -0.39 is 0 Å². The van der Waals surface area contributed by atoms with E-state index in [0.717, 1.165) is 5.56 Å². The fourth-order valence-electron chi connectivity index (χ4n) is 2.40. The summed E-state index contributed by atoms with van der Waals surface area (Å²) in [5.41, 5.74) is 2.33. The van der Waals surface area contributed by atoms with Gasteiger partial charge in [0.25, 0.3) is 0 Å². The molecule has 1 fully saturated rings. The number of aryl methyl sites for hydroxylation is 1. The Morgan fingerprint density at radius 1 is 1.27 bits per heavy atom. The minimum Gasteiger partial charge on any atom is -0.388 e. The molecule has 0 saturated heterocycles. The second-order valence-corrected chi connectivity index (χ2v) is 4.40. The first-order valence-electron chi connectivity index (χ1n) is 5.52. The molecule has 2 heteroatoms. The van der Waals surface area contributed by atoms with Gasteiger partial charge in [-0.05, 0) is 31.2 Å². The summed E-state index contributed by atoms with van der Waals surface area (Å²) in [7, 11) is 0. The van der Waals surface area contributed by atoms with Crippen molar-refractivity contribution in [2.75, 3.05) is 0 Å². The zero-order chi connectivity index (χ0) is 9.97. The Hall–Kier alpha value is -0.530. The fourth-order valence-corrected chi connectivity index (χ4v) is 2.40. The van der Waals surface area contributed by atoms with Crippen molar-refractivity contribution in [2.24, 2.45) is 5.92 Å². The summed E-state index contributed by atoms with van der Waals surface area (Å²) < 4.78 is 0. The summed E-state index contributed by atoms with van der Waals surface area (Å²) in [6, 6.07) is 8.24. The lowest BCUT2D eigenvalue weighted by Gasteiger charge is -2.18. The van der Waals surface area contributed by atoms with Crippen molar-refractivity contribution in [2.45, 2.75) is 38.7 Å². The third-order valence-corrected chi connectivity index (χ3v) is 3.23. The minimum atomic E-state index is -0.239. The fraction of sp³-hybridized carbons (Fsp3) is 0.538. The van der Waals surface area contributed by atoms with Crippen LogP contribution in [-0.4, -0.2) is 5.11 Å². The van der Waals surface area contributed by atoms with Crippen molar-refractivity contribution in [3.63, 3.8) is 0 Å². The average Bonchev–Trinajstić information content (AvgIpc) is 2.69. The highest BCUT2D eigenvalue weighted by Crippen LogP contribution is 2.35. The maximum absolute atomic E-state index is 10.1. The van der Waals surface area contributed by atoms with Crippen LogP contribution in [-0.2, 0) is 0 Å². The molecule has 0 bridgehead atoms. The molecule has 0 heterocycles. The Bertz CT molecular complexity index is 305. The van der Waals surface area contributed by atoms with Gasteiger partial charge >= 0.3 is 0 Å². The van der Waals surface area contributed by atoms with Crippen LogP contribution in [0.1, 0.15) is 42.9 Å². The lowest BCUT2D eigenvalue weighted by atomic mass is 9.94. The van der Waals surface area contributed by atoms with Gasteiger partial charge in [-0.1, -0.05) is 42.7 Å². The Morgan fingerprint density at radius 2 is 1.93 bits per heavy atom. The third kappa shape index (κ3) is 2.96. The van der Waals surface area contributed by atoms with Gasteiger partial charge in [-0.25, -0.2) is 0 Å². The van der Waals surface area contributed by atoms with Crippen molar-refractivity contribution in [1.29, 1.82) is 0 Å². The molecular formula is C13H19ClO. The van der Waals surface area contributed by atoms with Crippen molar-refractivity contribution < 1.29 is 5.11 Å². The van der Waals surface area contributed by atoms with Gasteiger partial charge in [-0.3, -0.25) is 0 Å². The number of aliphatic hydroxyl groups excluding tert-OH is 1. The Morgan fingerprint density at radius 3 is 2.53 bits per heavy atom. The average molecular weight is 227 g/mol. The van der Waals surface area contributed by atoms with Crippen LogP contribution in [0.25, 0.3) is 0 Å². The van der Waals surface area contributed by atoms with Crippen LogP contribution >= 0.6 is 12.4 Å². The predicted octanol–water partition coefficient (Wildman–Crippen LogP) is 3.64. The number of rotatable bonds is 2. The summed E-state index contributed by atoms with van der Waals surface area (Å²) in [6.07, 6.45) is 4.71. The van der Waals surface area contributed by atoms with E-state index in [9.17, 15) is 5.11 Å². The molecule has 1 saturated carbocycles. The predicted molar refractivity (Wildman–Crippen MR) is 65.3 cm³/mol. The van der Waals surface area contributed by atoms with Gasteiger partial charge in [-0.15, -0.1) is 12.4 Å². The summed E-state index contributed by atoms with van der Waals surface area (Å²) in [5, 5.41) is 10.1. The Balaban J connectivity index is 0.00000112. The van der Waals surface area contributed by atoms with Gasteiger partial charge in [0.15, 0.2) is 0 Å². The van der Waals surface area contributed by atoms with Crippen LogP contribution in [0.2, 0.25) is 0 Å². The van der Waals surface area contributed by atoms with Crippen molar-refractivity contribution in [3.8, 4) is 0 Å². The lowest BCUT2D eigenvalue weighted by molar-refractivity contribution is 0.111. The largest absolute Gasteiger partial charge is 0.388 e. The van der Waals surface area contributed by atoms with Crippen LogP contribution < -0.4 is 0 Å². The molecule has 0 aliphatic heterocycles. The summed E-state index contributed by atoms with van der Waals surface area (Å²) in [4.78, 5) is 0. The van der Waals surface area contributed by atoms with Crippen molar-refractivity contribution in [1.82, 2.24) is 0 Å². The first-order valence-corrected chi connectivity index (χ1v) is 5.52. The molecule has 1 aromatic carbocycles. The molecule has 2 rings (SSSR count). The highest BCUT2D eigenvalue weighted by Gasteiger charge is 2.24. The topological polar surface area (TPSA) is 20.2 Å². The molecule has 0 amide bonds. The van der Waals surface area contributed by atoms with Crippen LogP contribution in [0.4, 0.5) is 0 Å². The lowest BCUT2D eigenvalue weighted by Crippen LogP contribution is -2.08. The molecule has 1 atom stereocenters. The smallest absolute Gasteiger partial charge is 0.0818 e.